The Morgan fingerprint density at radius 3 is 2.60 bits per heavy atom. The molecule has 0 heterocycles. The minimum absolute atomic E-state index is 0.200. The van der Waals surface area contributed by atoms with E-state index in [4.69, 9.17) is 23.2 Å². The van der Waals surface area contributed by atoms with Gasteiger partial charge < -0.3 is 0 Å². The lowest BCUT2D eigenvalue weighted by Gasteiger charge is -2.15. The highest BCUT2D eigenvalue weighted by molar-refractivity contribution is 6.30. The van der Waals surface area contributed by atoms with Crippen molar-refractivity contribution in [1.29, 1.82) is 0 Å². The lowest BCUT2D eigenvalue weighted by Crippen LogP contribution is -2.11. The molecule has 0 N–H and O–H groups in total. The van der Waals surface area contributed by atoms with Crippen LogP contribution in [0.3, 0.4) is 0 Å². The van der Waals surface area contributed by atoms with Crippen LogP contribution < -0.4 is 0 Å². The van der Waals surface area contributed by atoms with Gasteiger partial charge in [0, 0.05) is 10.9 Å². The molecule has 0 amide bonds. The van der Waals surface area contributed by atoms with Gasteiger partial charge in [-0.1, -0.05) is 41.4 Å². The summed E-state index contributed by atoms with van der Waals surface area (Å²) in [7, 11) is 0. The number of hydrogen-bond donors (Lipinski definition) is 0. The molecule has 3 heteroatoms. The third-order valence-corrected chi connectivity index (χ3v) is 4.01. The summed E-state index contributed by atoms with van der Waals surface area (Å²) >= 11 is 12.0. The summed E-state index contributed by atoms with van der Waals surface area (Å²) < 4.78 is 13.8. The van der Waals surface area contributed by atoms with Crippen molar-refractivity contribution in [1.82, 2.24) is 0 Å². The van der Waals surface area contributed by atoms with Crippen molar-refractivity contribution < 1.29 is 4.39 Å². The molecule has 0 saturated carbocycles. The summed E-state index contributed by atoms with van der Waals surface area (Å²) in [6.45, 7) is 2.07. The topological polar surface area (TPSA) is 0 Å². The Labute approximate surface area is 129 Å². The van der Waals surface area contributed by atoms with E-state index in [1.807, 2.05) is 6.07 Å². The van der Waals surface area contributed by atoms with Gasteiger partial charge in [-0.25, -0.2) is 4.39 Å². The van der Waals surface area contributed by atoms with Crippen molar-refractivity contribution >= 4 is 23.2 Å². The van der Waals surface area contributed by atoms with Crippen LogP contribution in [-0.2, 0) is 12.8 Å². The van der Waals surface area contributed by atoms with Crippen molar-refractivity contribution in [2.45, 2.75) is 19.8 Å². The second-order valence-corrected chi connectivity index (χ2v) is 5.90. The molecule has 2 aromatic carbocycles. The van der Waals surface area contributed by atoms with Crippen molar-refractivity contribution in [3.63, 3.8) is 0 Å². The Morgan fingerprint density at radius 2 is 1.90 bits per heavy atom. The van der Waals surface area contributed by atoms with E-state index in [1.165, 1.54) is 17.2 Å². The molecule has 0 aliphatic carbocycles. The average molecular weight is 311 g/mol. The maximum Gasteiger partial charge on any atom is 0.126 e. The summed E-state index contributed by atoms with van der Waals surface area (Å²) in [6, 6.07) is 13.0. The normalized spacial score (nSPS) is 12.4. The van der Waals surface area contributed by atoms with Gasteiger partial charge in [0.2, 0.25) is 0 Å². The number of benzene rings is 2. The highest BCUT2D eigenvalue weighted by Crippen LogP contribution is 2.21. The molecule has 0 radical (unpaired) electrons. The predicted octanol–water partition coefficient (Wildman–Crippen LogP) is 5.43. The molecule has 0 aliphatic rings. The Kier molecular flexibility index (Phi) is 5.45. The monoisotopic (exact) mass is 310 g/mol. The fourth-order valence-electron chi connectivity index (χ4n) is 2.36. The maximum absolute atomic E-state index is 13.8. The third-order valence-electron chi connectivity index (χ3n) is 3.34. The smallest absolute Gasteiger partial charge is 0.126 e. The lowest BCUT2D eigenvalue weighted by molar-refractivity contribution is 0.546. The molecule has 0 bridgehead atoms. The van der Waals surface area contributed by atoms with Crippen LogP contribution in [0.5, 0.6) is 0 Å². The van der Waals surface area contributed by atoms with Gasteiger partial charge in [0.1, 0.15) is 5.82 Å². The molecule has 1 unspecified atom stereocenters. The summed E-state index contributed by atoms with van der Waals surface area (Å²) in [4.78, 5) is 0. The molecule has 20 heavy (non-hydrogen) atoms. The molecule has 1 atom stereocenters. The van der Waals surface area contributed by atoms with Gasteiger partial charge in [0.05, 0.1) is 0 Å². The highest BCUT2D eigenvalue weighted by Gasteiger charge is 2.13. The van der Waals surface area contributed by atoms with E-state index < -0.39 is 0 Å². The van der Waals surface area contributed by atoms with Crippen molar-refractivity contribution in [2.24, 2.45) is 5.92 Å². The zero-order valence-corrected chi connectivity index (χ0v) is 12.9. The largest absolute Gasteiger partial charge is 0.207 e. The number of aryl methyl sites for hydroxylation is 1. The van der Waals surface area contributed by atoms with Gasteiger partial charge in [-0.15, -0.1) is 11.6 Å². The molecular weight excluding hydrogens is 294 g/mol. The van der Waals surface area contributed by atoms with Crippen LogP contribution in [0.2, 0.25) is 5.02 Å². The van der Waals surface area contributed by atoms with Crippen LogP contribution >= 0.6 is 23.2 Å². The minimum atomic E-state index is -0.214. The predicted molar refractivity (Wildman–Crippen MR) is 84.2 cm³/mol. The van der Waals surface area contributed by atoms with Crippen LogP contribution in [0.15, 0.2) is 42.5 Å². The van der Waals surface area contributed by atoms with E-state index in [1.54, 1.807) is 12.1 Å². The van der Waals surface area contributed by atoms with E-state index in [0.29, 0.717) is 22.9 Å². The van der Waals surface area contributed by atoms with Crippen LogP contribution in [0.25, 0.3) is 0 Å². The van der Waals surface area contributed by atoms with E-state index >= 15 is 0 Å². The summed E-state index contributed by atoms with van der Waals surface area (Å²) in [5.41, 5.74) is 3.10. The van der Waals surface area contributed by atoms with E-state index in [-0.39, 0.29) is 11.7 Å². The molecule has 2 aromatic rings. The highest BCUT2D eigenvalue weighted by atomic mass is 35.5. The van der Waals surface area contributed by atoms with Gasteiger partial charge in [-0.2, -0.15) is 0 Å². The number of hydrogen-bond acceptors (Lipinski definition) is 0. The standard InChI is InChI=1S/C17H17Cl2F/c1-12-3-2-4-13(7-12)8-14(11-18)9-15-10-16(19)5-6-17(15)20/h2-7,10,14H,8-9,11H2,1H3. The molecular formula is C17H17Cl2F. The summed E-state index contributed by atoms with van der Waals surface area (Å²) in [5.74, 6) is 0.486. The van der Waals surface area contributed by atoms with Crippen molar-refractivity contribution in [3.8, 4) is 0 Å². The molecule has 0 fully saturated rings. The van der Waals surface area contributed by atoms with Crippen LogP contribution in [0, 0.1) is 18.7 Å². The third kappa shape index (κ3) is 4.22. The van der Waals surface area contributed by atoms with E-state index in [9.17, 15) is 4.39 Å². The fourth-order valence-corrected chi connectivity index (χ4v) is 2.78. The number of rotatable bonds is 5. The second kappa shape index (κ2) is 7.10. The quantitative estimate of drug-likeness (QED) is 0.646. The number of halogens is 3. The van der Waals surface area contributed by atoms with Crippen molar-refractivity contribution in [3.05, 3.63) is 70.0 Å². The van der Waals surface area contributed by atoms with Crippen molar-refractivity contribution in [2.75, 3.05) is 5.88 Å². The van der Waals surface area contributed by atoms with Crippen LogP contribution in [0.1, 0.15) is 16.7 Å². The first-order valence-corrected chi connectivity index (χ1v) is 7.55. The van der Waals surface area contributed by atoms with Gasteiger partial charge in [0.25, 0.3) is 0 Å². The molecule has 0 nitrogen and oxygen atoms in total. The molecule has 0 spiro atoms. The first-order chi connectivity index (χ1) is 9.58. The Morgan fingerprint density at radius 1 is 1.10 bits per heavy atom. The Balaban J connectivity index is 2.11. The van der Waals surface area contributed by atoms with E-state index in [2.05, 4.69) is 25.1 Å². The number of alkyl halides is 1. The summed E-state index contributed by atoms with van der Waals surface area (Å²) in [5, 5.41) is 0.560. The summed E-state index contributed by atoms with van der Waals surface area (Å²) in [6.07, 6.45) is 1.45. The first-order valence-electron chi connectivity index (χ1n) is 6.64. The zero-order chi connectivity index (χ0) is 14.5. The molecule has 0 saturated heterocycles. The fraction of sp³-hybridized carbons (Fsp3) is 0.294. The average Bonchev–Trinajstić information content (AvgIpc) is 2.42. The van der Waals surface area contributed by atoms with Gasteiger partial charge in [0.15, 0.2) is 0 Å². The maximum atomic E-state index is 13.8. The molecule has 0 aliphatic heterocycles. The van der Waals surface area contributed by atoms with Gasteiger partial charge in [-0.3, -0.25) is 0 Å². The molecule has 106 valence electrons. The SMILES string of the molecule is Cc1cccc(CC(CCl)Cc2cc(Cl)ccc2F)c1. The zero-order valence-electron chi connectivity index (χ0n) is 11.4. The van der Waals surface area contributed by atoms with Gasteiger partial charge >= 0.3 is 0 Å². The Bertz CT molecular complexity index is 581. The van der Waals surface area contributed by atoms with Crippen LogP contribution in [-0.4, -0.2) is 5.88 Å². The van der Waals surface area contributed by atoms with Crippen LogP contribution in [0.4, 0.5) is 4.39 Å². The minimum Gasteiger partial charge on any atom is -0.207 e. The second-order valence-electron chi connectivity index (χ2n) is 5.15. The molecule has 0 aromatic heterocycles. The van der Waals surface area contributed by atoms with Gasteiger partial charge in [-0.05, 0) is 55.0 Å². The first kappa shape index (κ1) is 15.3. The molecule has 2 rings (SSSR count). The van der Waals surface area contributed by atoms with E-state index in [0.717, 1.165) is 6.42 Å². The Hall–Kier alpha value is -1.05. The lowest BCUT2D eigenvalue weighted by atomic mass is 9.93.